The first kappa shape index (κ1) is 42.1. The van der Waals surface area contributed by atoms with Crippen molar-refractivity contribution in [1.29, 1.82) is 0 Å². The Morgan fingerprint density at radius 2 is 1.19 bits per heavy atom. The number of rotatable bonds is 4. The van der Waals surface area contributed by atoms with Crippen molar-refractivity contribution < 1.29 is 13.6 Å². The van der Waals surface area contributed by atoms with Crippen LogP contribution >= 0.6 is 0 Å². The molecule has 4 aromatic carbocycles. The number of fused-ring (bicyclic) bond motifs is 5. The largest absolute Gasteiger partial charge is 0.397 e. The molecule has 2 fully saturated rings. The summed E-state index contributed by atoms with van der Waals surface area (Å²) in [7, 11) is 0. The van der Waals surface area contributed by atoms with Crippen molar-refractivity contribution in [2.75, 3.05) is 11.5 Å². The maximum absolute atomic E-state index is 13.4. The molecule has 9 nitrogen and oxygen atoms in total. The van der Waals surface area contributed by atoms with Crippen LogP contribution in [0.25, 0.3) is 34.6 Å². The number of nitrogen functional groups attached to an aromatic ring is 2. The van der Waals surface area contributed by atoms with Gasteiger partial charge in [0.05, 0.1) is 57.6 Å². The van der Waals surface area contributed by atoms with Crippen molar-refractivity contribution in [2.45, 2.75) is 71.1 Å². The number of nitrogens with zero attached hydrogens (tertiary/aromatic N) is 5. The molecule has 4 aliphatic rings. The van der Waals surface area contributed by atoms with Crippen molar-refractivity contribution in [2.24, 2.45) is 16.7 Å². The number of hydrogen-bond donors (Lipinski definition) is 3. The van der Waals surface area contributed by atoms with Crippen LogP contribution < -0.4 is 11.5 Å². The standard InChI is InChI=1S/C25H23FN4.C19H19FN2O.C6H8N2.B/c1-25-14-16-15-27-30(19-11-9-18(26)10-12-19)23(16)13-17(25)5-4-6-20(25)24-28-21-7-2-3-8-22(21)29-24;1-19-10-13-11-21-22(17-7-5-16(20)6-8-17)18(13)9-14(19)3-2-4-15(19)12-23;7-5-3-1-2-4-6(5)8;/h2-3,7-13,15,20H,4-6,14H2,1H3,(H,28,29);5-9,11-12,15H,2-4,10H2,1H3;1-4H,7-8H2;/t20-,25+;15-,19+;;/m11../s1. The van der Waals surface area contributed by atoms with Gasteiger partial charge in [-0.05, 0) is 147 Å². The van der Waals surface area contributed by atoms with E-state index >= 15 is 0 Å². The Morgan fingerprint density at radius 1 is 0.694 bits per heavy atom. The molecule has 12 heteroatoms. The molecule has 0 saturated heterocycles. The van der Waals surface area contributed by atoms with Gasteiger partial charge in [0, 0.05) is 31.1 Å². The highest BCUT2D eigenvalue weighted by atomic mass is 19.1. The number of anilines is 2. The van der Waals surface area contributed by atoms with E-state index in [1.807, 2.05) is 40.0 Å². The maximum Gasteiger partial charge on any atom is 0.123 e. The number of aromatic amines is 1. The number of carbonyl (C=O) groups excluding carboxylic acids is 1. The predicted octanol–water partition coefficient (Wildman–Crippen LogP) is 10.2. The van der Waals surface area contributed by atoms with Gasteiger partial charge in [-0.25, -0.2) is 23.1 Å². The van der Waals surface area contributed by atoms with E-state index in [4.69, 9.17) is 16.5 Å². The van der Waals surface area contributed by atoms with Crippen molar-refractivity contribution in [3.63, 3.8) is 0 Å². The van der Waals surface area contributed by atoms with Gasteiger partial charge in [0.2, 0.25) is 0 Å². The summed E-state index contributed by atoms with van der Waals surface area (Å²) in [6.45, 7) is 4.59. The summed E-state index contributed by atoms with van der Waals surface area (Å²) in [5, 5.41) is 9.14. The molecule has 3 aromatic heterocycles. The Morgan fingerprint density at radius 3 is 1.73 bits per heavy atom. The Balaban J connectivity index is 0.000000146. The number of aromatic nitrogens is 6. The minimum absolute atomic E-state index is 0. The van der Waals surface area contributed by atoms with Crippen LogP contribution in [0.5, 0.6) is 0 Å². The Hall–Kier alpha value is -6.56. The van der Waals surface area contributed by atoms with Crippen LogP contribution in [-0.4, -0.2) is 44.2 Å². The average molecular weight is 828 g/mol. The zero-order valence-corrected chi connectivity index (χ0v) is 35.1. The number of H-pyrrole nitrogens is 1. The molecule has 7 aromatic rings. The first-order valence-corrected chi connectivity index (χ1v) is 21.1. The van der Waals surface area contributed by atoms with Gasteiger partial charge in [0.1, 0.15) is 23.7 Å². The fraction of sp³-hybridized carbons (Fsp3) is 0.280. The molecular weight excluding hydrogens is 777 g/mol. The summed E-state index contributed by atoms with van der Waals surface area (Å²) in [6.07, 6.45) is 17.8. The van der Waals surface area contributed by atoms with Gasteiger partial charge in [-0.1, -0.05) is 49.3 Å². The maximum atomic E-state index is 13.4. The number of para-hydroxylation sites is 4. The fourth-order valence-electron chi connectivity index (χ4n) is 10.0. The third kappa shape index (κ3) is 7.78. The summed E-state index contributed by atoms with van der Waals surface area (Å²) in [4.78, 5) is 20.0. The van der Waals surface area contributed by atoms with Crippen molar-refractivity contribution in [3.05, 3.63) is 161 Å². The summed E-state index contributed by atoms with van der Waals surface area (Å²) in [5.41, 5.74) is 23.3. The second-order valence-corrected chi connectivity index (χ2v) is 17.3. The smallest absolute Gasteiger partial charge is 0.123 e. The molecule has 5 N–H and O–H groups in total. The molecule has 4 aliphatic carbocycles. The predicted molar refractivity (Wildman–Crippen MR) is 244 cm³/mol. The number of allylic oxidation sites excluding steroid dienone is 2. The number of halogens is 2. The molecule has 11 rings (SSSR count). The number of carbonyl (C=O) groups is 1. The van der Waals surface area contributed by atoms with Crippen LogP contribution in [0.15, 0.2) is 121 Å². The molecule has 313 valence electrons. The Kier molecular flexibility index (Phi) is 11.6. The van der Waals surface area contributed by atoms with Crippen LogP contribution in [0, 0.1) is 28.4 Å². The molecule has 0 aliphatic heterocycles. The highest BCUT2D eigenvalue weighted by molar-refractivity contribution is 5.76. The van der Waals surface area contributed by atoms with E-state index in [1.165, 1.54) is 41.0 Å². The van der Waals surface area contributed by atoms with E-state index in [0.717, 1.165) is 103 Å². The second-order valence-electron chi connectivity index (χ2n) is 17.3. The number of aldehydes is 1. The second kappa shape index (κ2) is 17.1. The average Bonchev–Trinajstić information content (AvgIpc) is 4.00. The molecule has 0 bridgehead atoms. The van der Waals surface area contributed by atoms with Crippen LogP contribution in [-0.2, 0) is 17.6 Å². The lowest BCUT2D eigenvalue weighted by molar-refractivity contribution is -0.114. The number of nitrogens with one attached hydrogen (secondary N) is 1. The van der Waals surface area contributed by atoms with Gasteiger partial charge in [-0.15, -0.1) is 0 Å². The molecule has 0 amide bonds. The van der Waals surface area contributed by atoms with E-state index < -0.39 is 0 Å². The molecular formula is C50H50BF2N8O. The zero-order chi connectivity index (χ0) is 42.3. The van der Waals surface area contributed by atoms with Gasteiger partial charge in [-0.2, -0.15) is 10.2 Å². The summed E-state index contributed by atoms with van der Waals surface area (Å²) in [6, 6.07) is 28.4. The van der Waals surface area contributed by atoms with E-state index in [0.29, 0.717) is 17.3 Å². The van der Waals surface area contributed by atoms with E-state index in [2.05, 4.69) is 59.4 Å². The van der Waals surface area contributed by atoms with Gasteiger partial charge in [0.25, 0.3) is 0 Å². The SMILES string of the molecule is C[C@]12Cc3cnn(-c4ccc(F)cc4)c3C=C1CCC[C@@H]2C=O.C[C@]12Cc3cnn(-c4ccc(F)cc4)c3C=C1CCC[C@@H]2c1nc2ccccc2[nH]1.Nc1ccccc1N.[B]. The van der Waals surface area contributed by atoms with Gasteiger partial charge in [0.15, 0.2) is 0 Å². The van der Waals surface area contributed by atoms with Gasteiger partial charge in [-0.3, -0.25) is 0 Å². The molecule has 3 heterocycles. The van der Waals surface area contributed by atoms with Crippen LogP contribution in [0.4, 0.5) is 20.2 Å². The quantitative estimate of drug-likeness (QED) is 0.0919. The van der Waals surface area contributed by atoms with Crippen LogP contribution in [0.1, 0.15) is 86.6 Å². The lowest BCUT2D eigenvalue weighted by atomic mass is 9.59. The van der Waals surface area contributed by atoms with Crippen molar-refractivity contribution in [1.82, 2.24) is 29.5 Å². The third-order valence-electron chi connectivity index (χ3n) is 13.5. The van der Waals surface area contributed by atoms with Crippen LogP contribution in [0.2, 0.25) is 0 Å². The molecule has 0 unspecified atom stereocenters. The van der Waals surface area contributed by atoms with E-state index in [-0.39, 0.29) is 36.8 Å². The zero-order valence-electron chi connectivity index (χ0n) is 35.1. The number of hydrogen-bond acceptors (Lipinski definition) is 6. The summed E-state index contributed by atoms with van der Waals surface area (Å²) in [5.74, 6) is 1.06. The molecule has 2 saturated carbocycles. The number of imidazole rings is 1. The van der Waals surface area contributed by atoms with Gasteiger partial charge < -0.3 is 21.2 Å². The van der Waals surface area contributed by atoms with E-state index in [1.54, 1.807) is 36.4 Å². The van der Waals surface area contributed by atoms with Crippen LogP contribution in [0.3, 0.4) is 0 Å². The summed E-state index contributed by atoms with van der Waals surface area (Å²) < 4.78 is 30.3. The molecule has 62 heavy (non-hydrogen) atoms. The number of nitrogens with two attached hydrogens (primary N) is 2. The normalized spacial score (nSPS) is 22.1. The fourth-order valence-corrected chi connectivity index (χ4v) is 10.0. The van der Waals surface area contributed by atoms with E-state index in [9.17, 15) is 13.6 Å². The minimum atomic E-state index is -0.248. The number of benzene rings is 4. The Labute approximate surface area is 362 Å². The minimum Gasteiger partial charge on any atom is -0.397 e. The third-order valence-corrected chi connectivity index (χ3v) is 13.5. The first-order valence-electron chi connectivity index (χ1n) is 21.1. The Bertz CT molecular complexity index is 2730. The monoisotopic (exact) mass is 827 g/mol. The highest BCUT2D eigenvalue weighted by Gasteiger charge is 2.46. The lowest BCUT2D eigenvalue weighted by Crippen LogP contribution is -2.37. The molecule has 4 atom stereocenters. The topological polar surface area (TPSA) is 133 Å². The highest BCUT2D eigenvalue weighted by Crippen LogP contribution is 2.55. The molecule has 3 radical (unpaired) electrons. The van der Waals surface area contributed by atoms with Crippen molar-refractivity contribution in [3.8, 4) is 11.4 Å². The van der Waals surface area contributed by atoms with Gasteiger partial charge >= 0.3 is 0 Å². The molecule has 0 spiro atoms. The van der Waals surface area contributed by atoms with Crippen molar-refractivity contribution >= 4 is 49.3 Å². The lowest BCUT2D eigenvalue weighted by Gasteiger charge is -2.45. The first-order chi connectivity index (χ1) is 29.5. The summed E-state index contributed by atoms with van der Waals surface area (Å²) >= 11 is 0.